The Balaban J connectivity index is -0.000000549. The highest BCUT2D eigenvalue weighted by atomic mass is 35.5. The molecule has 0 aromatic heterocycles. The number of Topliss-reactive ketones (excluding diaryl/α,β-unsaturated/α-hetero) is 1. The largest absolute Gasteiger partial charge is 0.483 e. The van der Waals surface area contributed by atoms with Crippen LogP contribution in [0.3, 0.4) is 0 Å². The van der Waals surface area contributed by atoms with Crippen molar-refractivity contribution in [2.75, 3.05) is 5.88 Å². The van der Waals surface area contributed by atoms with Crippen LogP contribution in [0.4, 0.5) is 0 Å². The molecule has 5 nitrogen and oxygen atoms in total. The van der Waals surface area contributed by atoms with Gasteiger partial charge in [-0.3, -0.25) is 14.4 Å². The number of allylic oxidation sites excluding steroid dienone is 1. The molecule has 0 spiro atoms. The number of aliphatic carboxylic acids is 1. The van der Waals surface area contributed by atoms with Gasteiger partial charge in [-0.15, -0.1) is 11.6 Å². The fourth-order valence-corrected chi connectivity index (χ4v) is 4.57. The van der Waals surface area contributed by atoms with Crippen molar-refractivity contribution in [3.63, 3.8) is 0 Å². The van der Waals surface area contributed by atoms with E-state index in [1.165, 1.54) is 38.5 Å². The molecule has 6 heteroatoms. The highest BCUT2D eigenvalue weighted by Gasteiger charge is 2.51. The first-order chi connectivity index (χ1) is 14.7. The summed E-state index contributed by atoms with van der Waals surface area (Å²) in [5, 5.41) is 14.5. The topological polar surface area (TPSA) is 91.7 Å². The third-order valence-electron chi connectivity index (χ3n) is 6.04. The molecule has 0 aromatic carbocycles. The van der Waals surface area contributed by atoms with E-state index in [1.54, 1.807) is 0 Å². The summed E-state index contributed by atoms with van der Waals surface area (Å²) >= 11 is 4.74. The van der Waals surface area contributed by atoms with Crippen LogP contribution in [-0.2, 0) is 14.4 Å². The van der Waals surface area contributed by atoms with Crippen LogP contribution in [-0.4, -0.2) is 34.3 Å². The predicted octanol–water partition coefficient (Wildman–Crippen LogP) is 7.22. The molecule has 184 valence electrons. The van der Waals surface area contributed by atoms with Gasteiger partial charge in [-0.2, -0.15) is 0 Å². The molecule has 0 saturated heterocycles. The third kappa shape index (κ3) is 12.3. The normalized spacial score (nSPS) is 26.0. The number of hydrogen-bond donors (Lipinski definition) is 2. The summed E-state index contributed by atoms with van der Waals surface area (Å²) in [5.41, 5.74) is 0.805. The molecule has 0 radical (unpaired) electrons. The Morgan fingerprint density at radius 2 is 1.71 bits per heavy atom. The Labute approximate surface area is 195 Å². The maximum Gasteiger partial charge on any atom is 0.318 e. The van der Waals surface area contributed by atoms with Crippen LogP contribution in [0.1, 0.15) is 99.8 Å². The number of carboxylic acid groups (broad SMARTS) is 2. The minimum atomic E-state index is -0.980. The molecule has 31 heavy (non-hydrogen) atoms. The summed E-state index contributed by atoms with van der Waals surface area (Å²) in [4.78, 5) is 30.2. The smallest absolute Gasteiger partial charge is 0.318 e. The van der Waals surface area contributed by atoms with Gasteiger partial charge in [-0.05, 0) is 55.4 Å². The van der Waals surface area contributed by atoms with E-state index < -0.39 is 5.97 Å². The fraction of sp³-hybridized carbons (Fsp3) is 0.800. The summed E-state index contributed by atoms with van der Waals surface area (Å²) in [6.07, 6.45) is 9.75. The lowest BCUT2D eigenvalue weighted by Crippen LogP contribution is -2.48. The average Bonchev–Trinajstić information content (AvgIpc) is 2.78. The predicted molar refractivity (Wildman–Crippen MR) is 131 cm³/mol. The number of carbonyl (C=O) groups is 3. The number of unbranched alkanes of at least 4 members (excludes halogenated alkanes) is 2. The molecule has 4 atom stereocenters. The molecule has 2 N–H and O–H groups in total. The Kier molecular flexibility index (Phi) is 22.7. The number of halogens is 1. The Hall–Kier alpha value is -1.36. The second-order valence-electron chi connectivity index (χ2n) is 7.80. The fourth-order valence-electron chi connectivity index (χ4n) is 4.57. The molecule has 2 aliphatic carbocycles. The number of alkyl halides is 1. The standard InChI is InChI=1S/C18H30O.C2H3ClO2.2C2H6.CH2O2/c1-5-6-7-8-15-13(2)11-12-18(4)16(15)10-9-14(3)17(18)19;3-1-2(4)5;2*1-2;2-1-3/h13,15-16H,3,5-12H2,1-2,4H3;1H2,(H,4,5);2*1-2H3;1H,(H,2,3). The first-order valence-electron chi connectivity index (χ1n) is 11.8. The lowest BCUT2D eigenvalue weighted by molar-refractivity contribution is -0.136. The minimum Gasteiger partial charge on any atom is -0.483 e. The lowest BCUT2D eigenvalue weighted by Gasteiger charge is -2.51. The van der Waals surface area contributed by atoms with E-state index in [2.05, 4.69) is 27.4 Å². The summed E-state index contributed by atoms with van der Waals surface area (Å²) < 4.78 is 0. The molecular formula is C25H47ClO5. The minimum absolute atomic E-state index is 0.0846. The van der Waals surface area contributed by atoms with Gasteiger partial charge in [0.2, 0.25) is 0 Å². The van der Waals surface area contributed by atoms with Crippen LogP contribution in [0.2, 0.25) is 0 Å². The van der Waals surface area contributed by atoms with Crippen LogP contribution < -0.4 is 0 Å². The third-order valence-corrected chi connectivity index (χ3v) is 6.27. The molecule has 2 rings (SSSR count). The molecule has 0 bridgehead atoms. The monoisotopic (exact) mass is 462 g/mol. The summed E-state index contributed by atoms with van der Waals surface area (Å²) in [6, 6.07) is 0. The molecule has 4 unspecified atom stereocenters. The molecule has 2 saturated carbocycles. The number of carboxylic acids is 1. The van der Waals surface area contributed by atoms with Crippen molar-refractivity contribution in [2.24, 2.45) is 23.2 Å². The Morgan fingerprint density at radius 3 is 2.13 bits per heavy atom. The van der Waals surface area contributed by atoms with Crippen LogP contribution in [0.25, 0.3) is 0 Å². The van der Waals surface area contributed by atoms with Gasteiger partial charge in [-0.25, -0.2) is 0 Å². The summed E-state index contributed by atoms with van der Waals surface area (Å²) in [7, 11) is 0. The van der Waals surface area contributed by atoms with Gasteiger partial charge < -0.3 is 10.2 Å². The van der Waals surface area contributed by atoms with Crippen LogP contribution >= 0.6 is 11.6 Å². The summed E-state index contributed by atoms with van der Waals surface area (Å²) in [6.45, 7) is 18.6. The highest BCUT2D eigenvalue weighted by Crippen LogP contribution is 2.54. The Bertz CT molecular complexity index is 506. The van der Waals surface area contributed by atoms with E-state index in [0.717, 1.165) is 30.3 Å². The number of rotatable bonds is 5. The van der Waals surface area contributed by atoms with Crippen LogP contribution in [0, 0.1) is 23.2 Å². The number of carbonyl (C=O) groups excluding carboxylic acids is 1. The van der Waals surface area contributed by atoms with Crippen molar-refractivity contribution >= 4 is 29.8 Å². The second kappa shape index (κ2) is 20.5. The van der Waals surface area contributed by atoms with E-state index in [0.29, 0.717) is 11.7 Å². The average molecular weight is 463 g/mol. The number of ketones is 1. The first-order valence-corrected chi connectivity index (χ1v) is 12.3. The Morgan fingerprint density at radius 1 is 1.23 bits per heavy atom. The van der Waals surface area contributed by atoms with Gasteiger partial charge in [0, 0.05) is 5.41 Å². The molecule has 0 aromatic rings. The number of fused-ring (bicyclic) bond motifs is 1. The van der Waals surface area contributed by atoms with Crippen LogP contribution in [0.15, 0.2) is 12.2 Å². The van der Waals surface area contributed by atoms with Crippen molar-refractivity contribution in [1.29, 1.82) is 0 Å². The highest BCUT2D eigenvalue weighted by molar-refractivity contribution is 6.26. The maximum atomic E-state index is 12.6. The zero-order valence-corrected chi connectivity index (χ0v) is 21.6. The SMILES string of the molecule is C=C1CCC2C(CCCCC)C(C)CCC2(C)C1=O.CC.CC.O=C(O)CCl.O=CO. The maximum absolute atomic E-state index is 12.6. The molecule has 2 fully saturated rings. The van der Waals surface area contributed by atoms with E-state index in [9.17, 15) is 9.59 Å². The van der Waals surface area contributed by atoms with Crippen molar-refractivity contribution in [2.45, 2.75) is 99.8 Å². The lowest BCUT2D eigenvalue weighted by atomic mass is 9.52. The number of hydrogen-bond acceptors (Lipinski definition) is 3. The van der Waals surface area contributed by atoms with Crippen molar-refractivity contribution < 1.29 is 24.6 Å². The molecule has 2 aliphatic rings. The first kappa shape index (κ1) is 34.3. The zero-order valence-electron chi connectivity index (χ0n) is 20.9. The second-order valence-corrected chi connectivity index (χ2v) is 8.07. The van der Waals surface area contributed by atoms with E-state index in [1.807, 2.05) is 27.7 Å². The van der Waals surface area contributed by atoms with Crippen molar-refractivity contribution in [3.05, 3.63) is 12.2 Å². The van der Waals surface area contributed by atoms with Gasteiger partial charge in [0.05, 0.1) is 0 Å². The van der Waals surface area contributed by atoms with Crippen molar-refractivity contribution in [1.82, 2.24) is 0 Å². The van der Waals surface area contributed by atoms with E-state index in [-0.39, 0.29) is 17.8 Å². The van der Waals surface area contributed by atoms with Gasteiger partial charge in [0.25, 0.3) is 6.47 Å². The molecule has 0 aliphatic heterocycles. The van der Waals surface area contributed by atoms with Gasteiger partial charge in [0.1, 0.15) is 5.88 Å². The zero-order chi connectivity index (χ0) is 25.0. The van der Waals surface area contributed by atoms with E-state index in [4.69, 9.17) is 26.6 Å². The molecule has 0 heterocycles. The van der Waals surface area contributed by atoms with Gasteiger partial charge in [0.15, 0.2) is 5.78 Å². The van der Waals surface area contributed by atoms with E-state index >= 15 is 0 Å². The molecular weight excluding hydrogens is 416 g/mol. The van der Waals surface area contributed by atoms with Crippen LogP contribution in [0.5, 0.6) is 0 Å². The quantitative estimate of drug-likeness (QED) is 0.195. The summed E-state index contributed by atoms with van der Waals surface area (Å²) in [5.74, 6) is 1.28. The molecule has 0 amide bonds. The van der Waals surface area contributed by atoms with Crippen molar-refractivity contribution in [3.8, 4) is 0 Å². The van der Waals surface area contributed by atoms with Gasteiger partial charge in [-0.1, -0.05) is 74.3 Å². The van der Waals surface area contributed by atoms with Gasteiger partial charge >= 0.3 is 5.97 Å².